The van der Waals surface area contributed by atoms with Crippen LogP contribution >= 0.6 is 0 Å². The SMILES string of the molecule is CN(CC1CC1)c1ccc2c(n1)CCNC2. The topological polar surface area (TPSA) is 28.2 Å². The minimum atomic E-state index is 0.921. The molecule has 3 nitrogen and oxygen atoms in total. The van der Waals surface area contributed by atoms with Gasteiger partial charge < -0.3 is 10.2 Å². The summed E-state index contributed by atoms with van der Waals surface area (Å²) in [5, 5.41) is 3.38. The van der Waals surface area contributed by atoms with Gasteiger partial charge >= 0.3 is 0 Å². The van der Waals surface area contributed by atoms with Gasteiger partial charge in [-0.2, -0.15) is 0 Å². The Bertz CT molecular complexity index is 385. The number of fused-ring (bicyclic) bond motifs is 1. The first-order valence-corrected chi connectivity index (χ1v) is 6.23. The molecule has 0 spiro atoms. The van der Waals surface area contributed by atoms with E-state index in [4.69, 9.17) is 4.98 Å². The Morgan fingerprint density at radius 2 is 2.31 bits per heavy atom. The van der Waals surface area contributed by atoms with E-state index in [-0.39, 0.29) is 0 Å². The van der Waals surface area contributed by atoms with Crippen molar-refractivity contribution >= 4 is 5.82 Å². The number of nitrogens with one attached hydrogen (secondary N) is 1. The van der Waals surface area contributed by atoms with E-state index in [1.54, 1.807) is 0 Å². The fourth-order valence-corrected chi connectivity index (χ4v) is 2.32. The van der Waals surface area contributed by atoms with Crippen molar-refractivity contribution < 1.29 is 0 Å². The van der Waals surface area contributed by atoms with E-state index in [9.17, 15) is 0 Å². The molecule has 1 aliphatic heterocycles. The molecule has 1 aliphatic carbocycles. The first-order chi connectivity index (χ1) is 7.83. The first kappa shape index (κ1) is 10.1. The summed E-state index contributed by atoms with van der Waals surface area (Å²) in [4.78, 5) is 7.09. The Morgan fingerprint density at radius 3 is 3.12 bits per heavy atom. The maximum absolute atomic E-state index is 4.78. The second-order valence-electron chi connectivity index (χ2n) is 5.03. The Balaban J connectivity index is 1.78. The van der Waals surface area contributed by atoms with E-state index < -0.39 is 0 Å². The molecule has 16 heavy (non-hydrogen) atoms. The zero-order chi connectivity index (χ0) is 11.0. The zero-order valence-electron chi connectivity index (χ0n) is 9.87. The lowest BCUT2D eigenvalue weighted by Gasteiger charge is -2.22. The van der Waals surface area contributed by atoms with Crippen LogP contribution in [0.15, 0.2) is 12.1 Å². The van der Waals surface area contributed by atoms with Crippen LogP contribution in [0.1, 0.15) is 24.1 Å². The van der Waals surface area contributed by atoms with Gasteiger partial charge in [0.15, 0.2) is 0 Å². The van der Waals surface area contributed by atoms with Gasteiger partial charge in [-0.25, -0.2) is 4.98 Å². The fourth-order valence-electron chi connectivity index (χ4n) is 2.32. The molecule has 0 aromatic carbocycles. The van der Waals surface area contributed by atoms with Crippen molar-refractivity contribution in [2.24, 2.45) is 5.92 Å². The number of pyridine rings is 1. The number of aromatic nitrogens is 1. The molecule has 1 fully saturated rings. The smallest absolute Gasteiger partial charge is 0.128 e. The zero-order valence-corrected chi connectivity index (χ0v) is 9.87. The monoisotopic (exact) mass is 217 g/mol. The molecule has 3 rings (SSSR count). The molecular formula is C13H19N3. The first-order valence-electron chi connectivity index (χ1n) is 6.23. The molecule has 86 valence electrons. The summed E-state index contributed by atoms with van der Waals surface area (Å²) in [6.45, 7) is 3.22. The Morgan fingerprint density at radius 1 is 1.44 bits per heavy atom. The fraction of sp³-hybridized carbons (Fsp3) is 0.615. The molecule has 1 aromatic heterocycles. The predicted octanol–water partition coefficient (Wildman–Crippen LogP) is 1.57. The molecular weight excluding hydrogens is 198 g/mol. The summed E-state index contributed by atoms with van der Waals surface area (Å²) in [5.74, 6) is 2.07. The second-order valence-corrected chi connectivity index (χ2v) is 5.03. The standard InChI is InChI=1S/C13H19N3/c1-16(9-10-2-3-10)13-5-4-11-8-14-7-6-12(11)15-13/h4-5,10,14H,2-3,6-9H2,1H3. The Hall–Kier alpha value is -1.09. The van der Waals surface area contributed by atoms with Crippen LogP contribution in [-0.4, -0.2) is 25.1 Å². The highest BCUT2D eigenvalue weighted by molar-refractivity contribution is 5.42. The normalized spacial score (nSPS) is 19.3. The van der Waals surface area contributed by atoms with Crippen LogP contribution < -0.4 is 10.2 Å². The van der Waals surface area contributed by atoms with Crippen LogP contribution in [0.2, 0.25) is 0 Å². The number of anilines is 1. The van der Waals surface area contributed by atoms with Crippen molar-refractivity contribution in [3.05, 3.63) is 23.4 Å². The number of hydrogen-bond donors (Lipinski definition) is 1. The molecule has 2 aliphatic rings. The molecule has 1 aromatic rings. The maximum atomic E-state index is 4.78. The highest BCUT2D eigenvalue weighted by Gasteiger charge is 2.23. The average Bonchev–Trinajstić information content (AvgIpc) is 3.12. The number of rotatable bonds is 3. The molecule has 0 saturated heterocycles. The molecule has 0 atom stereocenters. The molecule has 1 saturated carbocycles. The summed E-state index contributed by atoms with van der Waals surface area (Å²) in [6.07, 6.45) is 3.87. The lowest BCUT2D eigenvalue weighted by molar-refractivity contribution is 0.628. The highest BCUT2D eigenvalue weighted by atomic mass is 15.2. The van der Waals surface area contributed by atoms with Gasteiger partial charge in [-0.3, -0.25) is 0 Å². The van der Waals surface area contributed by atoms with Gasteiger partial charge in [-0.15, -0.1) is 0 Å². The van der Waals surface area contributed by atoms with Crippen molar-refractivity contribution in [2.45, 2.75) is 25.8 Å². The predicted molar refractivity (Wildman–Crippen MR) is 65.6 cm³/mol. The summed E-state index contributed by atoms with van der Waals surface area (Å²) in [5.41, 5.74) is 2.66. The van der Waals surface area contributed by atoms with Crippen LogP contribution in [0.3, 0.4) is 0 Å². The average molecular weight is 217 g/mol. The van der Waals surface area contributed by atoms with Crippen LogP contribution in [0, 0.1) is 5.92 Å². The third-order valence-electron chi connectivity index (χ3n) is 3.53. The Labute approximate surface area is 96.9 Å². The van der Waals surface area contributed by atoms with Crippen LogP contribution in [0.4, 0.5) is 5.82 Å². The molecule has 2 heterocycles. The third-order valence-corrected chi connectivity index (χ3v) is 3.53. The second kappa shape index (κ2) is 4.06. The van der Waals surface area contributed by atoms with Gasteiger partial charge in [0.1, 0.15) is 5.82 Å². The van der Waals surface area contributed by atoms with Crippen molar-refractivity contribution in [3.63, 3.8) is 0 Å². The summed E-state index contributed by atoms with van der Waals surface area (Å²) in [7, 11) is 2.16. The van der Waals surface area contributed by atoms with Crippen molar-refractivity contribution in [3.8, 4) is 0 Å². The van der Waals surface area contributed by atoms with Crippen molar-refractivity contribution in [1.82, 2.24) is 10.3 Å². The lowest BCUT2D eigenvalue weighted by atomic mass is 10.1. The van der Waals surface area contributed by atoms with Crippen LogP contribution in [0.25, 0.3) is 0 Å². The van der Waals surface area contributed by atoms with E-state index in [2.05, 4.69) is 29.4 Å². The molecule has 0 radical (unpaired) electrons. The van der Waals surface area contributed by atoms with Gasteiger partial charge in [0.05, 0.1) is 0 Å². The summed E-state index contributed by atoms with van der Waals surface area (Å²) >= 11 is 0. The van der Waals surface area contributed by atoms with E-state index in [1.165, 1.54) is 30.6 Å². The van der Waals surface area contributed by atoms with E-state index in [0.717, 1.165) is 31.2 Å². The van der Waals surface area contributed by atoms with E-state index in [0.29, 0.717) is 0 Å². The molecule has 3 heteroatoms. The Kier molecular flexibility index (Phi) is 2.56. The number of nitrogens with zero attached hydrogens (tertiary/aromatic N) is 2. The van der Waals surface area contributed by atoms with Gasteiger partial charge in [0.2, 0.25) is 0 Å². The van der Waals surface area contributed by atoms with Crippen LogP contribution in [0.5, 0.6) is 0 Å². The molecule has 0 bridgehead atoms. The largest absolute Gasteiger partial charge is 0.359 e. The van der Waals surface area contributed by atoms with Gasteiger partial charge in [0.25, 0.3) is 0 Å². The quantitative estimate of drug-likeness (QED) is 0.833. The maximum Gasteiger partial charge on any atom is 0.128 e. The lowest BCUT2D eigenvalue weighted by Crippen LogP contribution is -2.26. The van der Waals surface area contributed by atoms with E-state index in [1.807, 2.05) is 0 Å². The minimum absolute atomic E-state index is 0.921. The van der Waals surface area contributed by atoms with Gasteiger partial charge in [0, 0.05) is 38.8 Å². The number of hydrogen-bond acceptors (Lipinski definition) is 3. The highest BCUT2D eigenvalue weighted by Crippen LogP contribution is 2.30. The van der Waals surface area contributed by atoms with E-state index >= 15 is 0 Å². The van der Waals surface area contributed by atoms with Crippen molar-refractivity contribution in [1.29, 1.82) is 0 Å². The summed E-state index contributed by atoms with van der Waals surface area (Å²) in [6, 6.07) is 4.39. The van der Waals surface area contributed by atoms with Crippen LogP contribution in [-0.2, 0) is 13.0 Å². The van der Waals surface area contributed by atoms with Crippen molar-refractivity contribution in [2.75, 3.05) is 25.0 Å². The molecule has 0 amide bonds. The molecule has 0 unspecified atom stereocenters. The minimum Gasteiger partial charge on any atom is -0.359 e. The van der Waals surface area contributed by atoms with Gasteiger partial charge in [-0.05, 0) is 30.4 Å². The summed E-state index contributed by atoms with van der Waals surface area (Å²) < 4.78 is 0. The third kappa shape index (κ3) is 2.05. The van der Waals surface area contributed by atoms with Gasteiger partial charge in [-0.1, -0.05) is 6.07 Å². The molecule has 1 N–H and O–H groups in total.